The van der Waals surface area contributed by atoms with E-state index in [1.165, 1.54) is 0 Å². The van der Waals surface area contributed by atoms with Gasteiger partial charge >= 0.3 is 0 Å². The van der Waals surface area contributed by atoms with Gasteiger partial charge in [0.15, 0.2) is 0 Å². The first kappa shape index (κ1) is 9.19. The van der Waals surface area contributed by atoms with Crippen molar-refractivity contribution < 1.29 is 4.79 Å². The number of rotatable bonds is 2. The third-order valence-electron chi connectivity index (χ3n) is 2.71. The predicted octanol–water partition coefficient (Wildman–Crippen LogP) is 1.56. The molecule has 3 nitrogen and oxygen atoms in total. The largest absolute Gasteiger partial charge is 0.337 e. The van der Waals surface area contributed by atoms with E-state index in [1.807, 2.05) is 17.0 Å². The Kier molecular flexibility index (Phi) is 2.48. The summed E-state index contributed by atoms with van der Waals surface area (Å²) >= 11 is 0. The van der Waals surface area contributed by atoms with Gasteiger partial charge in [0.25, 0.3) is 5.91 Å². The first-order valence-electron chi connectivity index (χ1n) is 5.01. The van der Waals surface area contributed by atoms with E-state index in [0.29, 0.717) is 11.6 Å². The smallest absolute Gasteiger partial charge is 0.272 e. The van der Waals surface area contributed by atoms with Gasteiger partial charge in [-0.05, 0) is 24.5 Å². The van der Waals surface area contributed by atoms with E-state index in [1.54, 1.807) is 12.3 Å². The summed E-state index contributed by atoms with van der Waals surface area (Å²) < 4.78 is 0. The molecule has 1 aromatic rings. The molecule has 0 bridgehead atoms. The van der Waals surface area contributed by atoms with Gasteiger partial charge < -0.3 is 4.90 Å². The highest BCUT2D eigenvalue weighted by atomic mass is 16.2. The van der Waals surface area contributed by atoms with Gasteiger partial charge in [-0.15, -0.1) is 0 Å². The normalized spacial score (nSPS) is 16.5. The van der Waals surface area contributed by atoms with Crippen molar-refractivity contribution in [1.29, 1.82) is 0 Å². The summed E-state index contributed by atoms with van der Waals surface area (Å²) in [5.74, 6) is 0.762. The van der Waals surface area contributed by atoms with Crippen molar-refractivity contribution in [2.24, 2.45) is 5.92 Å². The maximum absolute atomic E-state index is 11.8. The zero-order valence-electron chi connectivity index (χ0n) is 8.31. The van der Waals surface area contributed by atoms with Gasteiger partial charge in [0.1, 0.15) is 5.69 Å². The minimum absolute atomic E-state index is 0.0651. The number of pyridine rings is 1. The van der Waals surface area contributed by atoms with Crippen LogP contribution in [-0.4, -0.2) is 28.9 Å². The minimum atomic E-state index is 0.0651. The molecule has 0 atom stereocenters. The van der Waals surface area contributed by atoms with Crippen LogP contribution in [-0.2, 0) is 0 Å². The Balaban J connectivity index is 1.98. The molecular weight excluding hydrogens is 176 g/mol. The standard InChI is InChI=1S/C11H14N2O/c1-2-9-7-13(8-9)11(14)10-5-3-4-6-12-10/h3-6,9H,2,7-8H2,1H3. The van der Waals surface area contributed by atoms with Crippen LogP contribution < -0.4 is 0 Å². The van der Waals surface area contributed by atoms with E-state index in [-0.39, 0.29) is 5.91 Å². The maximum Gasteiger partial charge on any atom is 0.272 e. The number of likely N-dealkylation sites (tertiary alicyclic amines) is 1. The molecule has 2 rings (SSSR count). The molecule has 0 aromatic carbocycles. The fourth-order valence-corrected chi connectivity index (χ4v) is 1.65. The minimum Gasteiger partial charge on any atom is -0.337 e. The predicted molar refractivity (Wildman–Crippen MR) is 53.9 cm³/mol. The van der Waals surface area contributed by atoms with Crippen molar-refractivity contribution in [2.75, 3.05) is 13.1 Å². The fraction of sp³-hybridized carbons (Fsp3) is 0.455. The summed E-state index contributed by atoms with van der Waals surface area (Å²) in [5, 5.41) is 0. The molecule has 74 valence electrons. The highest BCUT2D eigenvalue weighted by Crippen LogP contribution is 2.20. The third-order valence-corrected chi connectivity index (χ3v) is 2.71. The Morgan fingerprint density at radius 3 is 2.93 bits per heavy atom. The lowest BCUT2D eigenvalue weighted by molar-refractivity contribution is 0.0488. The molecular formula is C11H14N2O. The van der Waals surface area contributed by atoms with E-state index < -0.39 is 0 Å². The average molecular weight is 190 g/mol. The number of amides is 1. The Morgan fingerprint density at radius 1 is 1.57 bits per heavy atom. The Labute approximate surface area is 83.8 Å². The molecule has 1 aliphatic rings. The van der Waals surface area contributed by atoms with Gasteiger partial charge in [-0.3, -0.25) is 9.78 Å². The molecule has 1 aliphatic heterocycles. The van der Waals surface area contributed by atoms with E-state index in [0.717, 1.165) is 19.5 Å². The van der Waals surface area contributed by atoms with E-state index in [2.05, 4.69) is 11.9 Å². The van der Waals surface area contributed by atoms with Gasteiger partial charge in [0.2, 0.25) is 0 Å². The van der Waals surface area contributed by atoms with Gasteiger partial charge in [0, 0.05) is 19.3 Å². The van der Waals surface area contributed by atoms with Gasteiger partial charge in [-0.25, -0.2) is 0 Å². The zero-order chi connectivity index (χ0) is 9.97. The summed E-state index contributed by atoms with van der Waals surface area (Å²) in [5.41, 5.74) is 0.557. The van der Waals surface area contributed by atoms with E-state index in [9.17, 15) is 4.79 Å². The van der Waals surface area contributed by atoms with Crippen LogP contribution in [0.5, 0.6) is 0 Å². The monoisotopic (exact) mass is 190 g/mol. The molecule has 3 heteroatoms. The number of carbonyl (C=O) groups is 1. The Hall–Kier alpha value is -1.38. The summed E-state index contributed by atoms with van der Waals surface area (Å²) in [4.78, 5) is 17.7. The first-order chi connectivity index (χ1) is 6.81. The lowest BCUT2D eigenvalue weighted by Crippen LogP contribution is -2.49. The SMILES string of the molecule is CCC1CN(C(=O)c2ccccn2)C1. The quantitative estimate of drug-likeness (QED) is 0.709. The van der Waals surface area contributed by atoms with E-state index >= 15 is 0 Å². The number of hydrogen-bond acceptors (Lipinski definition) is 2. The molecule has 0 aliphatic carbocycles. The summed E-state index contributed by atoms with van der Waals surface area (Å²) in [6, 6.07) is 5.43. The molecule has 14 heavy (non-hydrogen) atoms. The molecule has 0 unspecified atom stereocenters. The van der Waals surface area contributed by atoms with Crippen LogP contribution in [0.2, 0.25) is 0 Å². The molecule has 1 fully saturated rings. The Bertz CT molecular complexity index is 317. The highest BCUT2D eigenvalue weighted by molar-refractivity contribution is 5.92. The lowest BCUT2D eigenvalue weighted by atomic mass is 9.97. The molecule has 1 saturated heterocycles. The van der Waals surface area contributed by atoms with Crippen LogP contribution in [0.3, 0.4) is 0 Å². The molecule has 0 N–H and O–H groups in total. The van der Waals surface area contributed by atoms with Crippen LogP contribution >= 0.6 is 0 Å². The van der Waals surface area contributed by atoms with Crippen molar-refractivity contribution in [2.45, 2.75) is 13.3 Å². The molecule has 0 spiro atoms. The van der Waals surface area contributed by atoms with E-state index in [4.69, 9.17) is 0 Å². The number of aromatic nitrogens is 1. The van der Waals surface area contributed by atoms with Crippen molar-refractivity contribution in [3.63, 3.8) is 0 Å². The van der Waals surface area contributed by atoms with Gasteiger partial charge in [-0.2, -0.15) is 0 Å². The van der Waals surface area contributed by atoms with Crippen LogP contribution in [0.4, 0.5) is 0 Å². The summed E-state index contributed by atoms with van der Waals surface area (Å²) in [7, 11) is 0. The van der Waals surface area contributed by atoms with Crippen LogP contribution in [0.1, 0.15) is 23.8 Å². The van der Waals surface area contributed by atoms with Gasteiger partial charge in [-0.1, -0.05) is 13.0 Å². The highest BCUT2D eigenvalue weighted by Gasteiger charge is 2.29. The second-order valence-electron chi connectivity index (χ2n) is 3.70. The van der Waals surface area contributed by atoms with Crippen molar-refractivity contribution in [1.82, 2.24) is 9.88 Å². The molecule has 2 heterocycles. The molecule has 1 amide bonds. The summed E-state index contributed by atoms with van der Waals surface area (Å²) in [6.45, 7) is 3.95. The maximum atomic E-state index is 11.8. The molecule has 0 radical (unpaired) electrons. The number of nitrogens with zero attached hydrogens (tertiary/aromatic N) is 2. The van der Waals surface area contributed by atoms with Gasteiger partial charge in [0.05, 0.1) is 0 Å². The second kappa shape index (κ2) is 3.78. The van der Waals surface area contributed by atoms with Crippen LogP contribution in [0, 0.1) is 5.92 Å². The van der Waals surface area contributed by atoms with Crippen LogP contribution in [0.15, 0.2) is 24.4 Å². The number of carbonyl (C=O) groups excluding carboxylic acids is 1. The topological polar surface area (TPSA) is 33.2 Å². The molecule has 0 saturated carbocycles. The fourth-order valence-electron chi connectivity index (χ4n) is 1.65. The average Bonchev–Trinajstić information content (AvgIpc) is 2.17. The third kappa shape index (κ3) is 1.62. The van der Waals surface area contributed by atoms with Crippen LogP contribution in [0.25, 0.3) is 0 Å². The van der Waals surface area contributed by atoms with Crippen molar-refractivity contribution >= 4 is 5.91 Å². The Morgan fingerprint density at radius 2 is 2.36 bits per heavy atom. The first-order valence-corrected chi connectivity index (χ1v) is 5.01. The summed E-state index contributed by atoms with van der Waals surface area (Å²) in [6.07, 6.45) is 2.82. The van der Waals surface area contributed by atoms with Crippen molar-refractivity contribution in [3.05, 3.63) is 30.1 Å². The zero-order valence-corrected chi connectivity index (χ0v) is 8.31. The lowest BCUT2D eigenvalue weighted by Gasteiger charge is -2.38. The second-order valence-corrected chi connectivity index (χ2v) is 3.70. The van der Waals surface area contributed by atoms with Crippen molar-refractivity contribution in [3.8, 4) is 0 Å². The molecule has 1 aromatic heterocycles. The number of hydrogen-bond donors (Lipinski definition) is 0.